The first-order chi connectivity index (χ1) is 7.79. The van der Waals surface area contributed by atoms with Crippen molar-refractivity contribution in [2.24, 2.45) is 16.5 Å². The van der Waals surface area contributed by atoms with Gasteiger partial charge in [0.25, 0.3) is 0 Å². The highest BCUT2D eigenvalue weighted by molar-refractivity contribution is 5.71. The van der Waals surface area contributed by atoms with Crippen molar-refractivity contribution in [2.45, 2.75) is 6.04 Å². The number of allylic oxidation sites excluding steroid dienone is 1. The molecule has 0 fully saturated rings. The molecule has 0 amide bonds. The van der Waals surface area contributed by atoms with Crippen LogP contribution in [0.15, 0.2) is 59.2 Å². The first kappa shape index (κ1) is 12.2. The predicted molar refractivity (Wildman–Crippen MR) is 69.2 cm³/mol. The Labute approximate surface area is 96.2 Å². The van der Waals surface area contributed by atoms with E-state index in [-0.39, 0.29) is 6.04 Å². The minimum Gasteiger partial charge on any atom is -0.404 e. The predicted octanol–water partition coefficient (Wildman–Crippen LogP) is 1.79. The van der Waals surface area contributed by atoms with Crippen LogP contribution in [0.25, 0.3) is 0 Å². The summed E-state index contributed by atoms with van der Waals surface area (Å²) in [5, 5.41) is 0. The van der Waals surface area contributed by atoms with Gasteiger partial charge < -0.3 is 11.5 Å². The third kappa shape index (κ3) is 3.37. The molecule has 1 rings (SSSR count). The molecular formula is C13H17N3. The number of hydrogen-bond acceptors (Lipinski definition) is 3. The number of rotatable bonds is 4. The van der Waals surface area contributed by atoms with Gasteiger partial charge in [-0.1, -0.05) is 36.4 Å². The quantitative estimate of drug-likeness (QED) is 0.594. The third-order valence-corrected chi connectivity index (χ3v) is 2.23. The third-order valence-electron chi connectivity index (χ3n) is 2.23. The van der Waals surface area contributed by atoms with Crippen molar-refractivity contribution in [3.63, 3.8) is 0 Å². The molecule has 4 N–H and O–H groups in total. The lowest BCUT2D eigenvalue weighted by atomic mass is 10.00. The highest BCUT2D eigenvalue weighted by atomic mass is 14.7. The largest absolute Gasteiger partial charge is 0.404 e. The van der Waals surface area contributed by atoms with E-state index in [9.17, 15) is 0 Å². The van der Waals surface area contributed by atoms with Crippen LogP contribution in [0, 0.1) is 0 Å². The summed E-state index contributed by atoms with van der Waals surface area (Å²) in [6, 6.07) is 9.64. The van der Waals surface area contributed by atoms with Crippen LogP contribution in [0.1, 0.15) is 11.6 Å². The highest BCUT2D eigenvalue weighted by Gasteiger charge is 2.07. The molecule has 16 heavy (non-hydrogen) atoms. The van der Waals surface area contributed by atoms with Gasteiger partial charge in [-0.2, -0.15) is 0 Å². The fourth-order valence-corrected chi connectivity index (χ4v) is 1.36. The molecule has 0 heterocycles. The Morgan fingerprint density at radius 2 is 2.00 bits per heavy atom. The minimum atomic E-state index is -0.201. The van der Waals surface area contributed by atoms with Crippen LogP contribution in [-0.4, -0.2) is 13.3 Å². The molecule has 0 aromatic heterocycles. The molecule has 0 spiro atoms. The van der Waals surface area contributed by atoms with Gasteiger partial charge in [0.2, 0.25) is 0 Å². The van der Waals surface area contributed by atoms with Gasteiger partial charge in [-0.25, -0.2) is 0 Å². The van der Waals surface area contributed by atoms with E-state index in [1.54, 1.807) is 13.3 Å². The molecule has 0 radical (unpaired) electrons. The van der Waals surface area contributed by atoms with Gasteiger partial charge in [-0.15, -0.1) is 0 Å². The highest BCUT2D eigenvalue weighted by Crippen LogP contribution is 2.18. The smallest absolute Gasteiger partial charge is 0.0565 e. The molecule has 0 aliphatic rings. The summed E-state index contributed by atoms with van der Waals surface area (Å²) in [6.45, 7) is 0. The fourth-order valence-electron chi connectivity index (χ4n) is 1.36. The normalized spacial score (nSPS) is 14.8. The van der Waals surface area contributed by atoms with Crippen molar-refractivity contribution in [1.82, 2.24) is 0 Å². The second-order valence-corrected chi connectivity index (χ2v) is 3.32. The van der Waals surface area contributed by atoms with Crippen LogP contribution < -0.4 is 11.5 Å². The Balaban J connectivity index is 2.83. The van der Waals surface area contributed by atoms with Crippen LogP contribution in [0.2, 0.25) is 0 Å². The van der Waals surface area contributed by atoms with E-state index in [4.69, 9.17) is 11.5 Å². The average Bonchev–Trinajstić information content (AvgIpc) is 2.35. The Morgan fingerprint density at radius 1 is 1.31 bits per heavy atom. The topological polar surface area (TPSA) is 64.4 Å². The summed E-state index contributed by atoms with van der Waals surface area (Å²) in [5.74, 6) is 0. The van der Waals surface area contributed by atoms with Crippen molar-refractivity contribution in [1.29, 1.82) is 0 Å². The lowest BCUT2D eigenvalue weighted by Gasteiger charge is -2.12. The molecule has 1 unspecified atom stereocenters. The zero-order valence-corrected chi connectivity index (χ0v) is 9.38. The van der Waals surface area contributed by atoms with E-state index in [0.717, 1.165) is 11.1 Å². The molecular weight excluding hydrogens is 198 g/mol. The van der Waals surface area contributed by atoms with Crippen molar-refractivity contribution >= 4 is 6.21 Å². The Hall–Kier alpha value is -1.87. The van der Waals surface area contributed by atoms with E-state index in [0.29, 0.717) is 0 Å². The summed E-state index contributed by atoms with van der Waals surface area (Å²) < 4.78 is 0. The molecule has 1 atom stereocenters. The maximum absolute atomic E-state index is 6.09. The first-order valence-corrected chi connectivity index (χ1v) is 5.10. The van der Waals surface area contributed by atoms with Crippen LogP contribution in [0.4, 0.5) is 0 Å². The summed E-state index contributed by atoms with van der Waals surface area (Å²) in [6.07, 6.45) is 6.91. The molecule has 1 aromatic rings. The SMILES string of the molecule is CN=C/C=C\C(=C\N)C(N)c1ccccc1. The van der Waals surface area contributed by atoms with Crippen molar-refractivity contribution < 1.29 is 0 Å². The summed E-state index contributed by atoms with van der Waals surface area (Å²) >= 11 is 0. The monoisotopic (exact) mass is 215 g/mol. The van der Waals surface area contributed by atoms with Gasteiger partial charge in [0.05, 0.1) is 6.04 Å². The van der Waals surface area contributed by atoms with E-state index in [1.165, 1.54) is 6.20 Å². The number of benzene rings is 1. The minimum absolute atomic E-state index is 0.201. The number of hydrogen-bond donors (Lipinski definition) is 2. The standard InChI is InChI=1S/C13H17N3/c1-16-9-5-8-12(10-14)13(15)11-6-3-2-4-7-11/h2-10,13H,14-15H2,1H3/b8-5-,12-10-,16-9?. The molecule has 84 valence electrons. The molecule has 0 aliphatic heterocycles. The van der Waals surface area contributed by atoms with Crippen molar-refractivity contribution in [3.8, 4) is 0 Å². The van der Waals surface area contributed by atoms with Crippen molar-refractivity contribution in [2.75, 3.05) is 7.05 Å². The van der Waals surface area contributed by atoms with E-state index in [2.05, 4.69) is 4.99 Å². The molecule has 0 bridgehead atoms. The zero-order chi connectivity index (χ0) is 11.8. The van der Waals surface area contributed by atoms with E-state index < -0.39 is 0 Å². The average molecular weight is 215 g/mol. The molecule has 0 saturated heterocycles. The van der Waals surface area contributed by atoms with E-state index in [1.807, 2.05) is 42.5 Å². The van der Waals surface area contributed by atoms with Crippen LogP contribution >= 0.6 is 0 Å². The van der Waals surface area contributed by atoms with E-state index >= 15 is 0 Å². The van der Waals surface area contributed by atoms with Gasteiger partial charge in [-0.05, 0) is 23.4 Å². The first-order valence-electron chi connectivity index (χ1n) is 5.10. The second-order valence-electron chi connectivity index (χ2n) is 3.32. The fraction of sp³-hybridized carbons (Fsp3) is 0.154. The molecule has 0 saturated carbocycles. The van der Waals surface area contributed by atoms with Gasteiger partial charge in [0.1, 0.15) is 0 Å². The van der Waals surface area contributed by atoms with Crippen molar-refractivity contribution in [3.05, 3.63) is 59.8 Å². The summed E-state index contributed by atoms with van der Waals surface area (Å²) in [5.41, 5.74) is 13.5. The Kier molecular flexibility index (Phi) is 5.02. The van der Waals surface area contributed by atoms with Gasteiger partial charge >= 0.3 is 0 Å². The van der Waals surface area contributed by atoms with Gasteiger partial charge in [0.15, 0.2) is 0 Å². The van der Waals surface area contributed by atoms with Crippen LogP contribution in [-0.2, 0) is 0 Å². The Bertz CT molecular complexity index is 391. The zero-order valence-electron chi connectivity index (χ0n) is 9.38. The number of nitrogens with zero attached hydrogens (tertiary/aromatic N) is 1. The summed E-state index contributed by atoms with van der Waals surface area (Å²) in [7, 11) is 1.72. The molecule has 0 aliphatic carbocycles. The van der Waals surface area contributed by atoms with Crippen LogP contribution in [0.5, 0.6) is 0 Å². The summed E-state index contributed by atoms with van der Waals surface area (Å²) in [4.78, 5) is 3.85. The van der Waals surface area contributed by atoms with Crippen LogP contribution in [0.3, 0.4) is 0 Å². The lowest BCUT2D eigenvalue weighted by Crippen LogP contribution is -2.13. The maximum atomic E-state index is 6.09. The molecule has 3 nitrogen and oxygen atoms in total. The maximum Gasteiger partial charge on any atom is 0.0565 e. The number of nitrogens with two attached hydrogens (primary N) is 2. The Morgan fingerprint density at radius 3 is 2.56 bits per heavy atom. The lowest BCUT2D eigenvalue weighted by molar-refractivity contribution is 0.867. The molecule has 3 heteroatoms. The van der Waals surface area contributed by atoms with Gasteiger partial charge in [0, 0.05) is 13.3 Å². The second kappa shape index (κ2) is 6.58. The molecule has 1 aromatic carbocycles. The number of aliphatic imine (C=N–C) groups is 1. The van der Waals surface area contributed by atoms with Gasteiger partial charge in [-0.3, -0.25) is 4.99 Å².